The standard InChI is InChI=1S/C15H28O4/c1-5-7-9-15(19-13(4)17)11-8-10-14(6-2)18-12(3)16/h14-15H,5-11H2,1-4H3. The molecule has 0 heterocycles. The normalized spacial score (nSPS) is 13.7. The van der Waals surface area contributed by atoms with E-state index in [0.717, 1.165) is 44.9 Å². The van der Waals surface area contributed by atoms with Crippen molar-refractivity contribution in [2.75, 3.05) is 0 Å². The van der Waals surface area contributed by atoms with Crippen LogP contribution in [0.15, 0.2) is 0 Å². The number of esters is 2. The van der Waals surface area contributed by atoms with Crippen molar-refractivity contribution in [3.8, 4) is 0 Å². The molecule has 0 aromatic carbocycles. The molecular formula is C15H28O4. The molecule has 4 nitrogen and oxygen atoms in total. The first-order chi connectivity index (χ1) is 8.99. The lowest BCUT2D eigenvalue weighted by Crippen LogP contribution is -2.19. The van der Waals surface area contributed by atoms with E-state index in [1.807, 2.05) is 6.92 Å². The van der Waals surface area contributed by atoms with Crippen LogP contribution in [0.5, 0.6) is 0 Å². The lowest BCUT2D eigenvalue weighted by Gasteiger charge is -2.19. The number of carbonyl (C=O) groups excluding carboxylic acids is 2. The Morgan fingerprint density at radius 2 is 1.32 bits per heavy atom. The van der Waals surface area contributed by atoms with Crippen LogP contribution in [0.25, 0.3) is 0 Å². The van der Waals surface area contributed by atoms with E-state index in [4.69, 9.17) is 9.47 Å². The Kier molecular flexibility index (Phi) is 10.2. The molecule has 0 aliphatic carbocycles. The highest BCUT2D eigenvalue weighted by molar-refractivity contribution is 5.66. The largest absolute Gasteiger partial charge is 0.463 e. The molecule has 0 saturated heterocycles. The maximum Gasteiger partial charge on any atom is 0.302 e. The predicted octanol–water partition coefficient (Wildman–Crippen LogP) is 3.62. The van der Waals surface area contributed by atoms with E-state index in [-0.39, 0.29) is 24.1 Å². The Bertz CT molecular complexity index is 263. The van der Waals surface area contributed by atoms with Crippen molar-refractivity contribution in [1.82, 2.24) is 0 Å². The van der Waals surface area contributed by atoms with E-state index < -0.39 is 0 Å². The van der Waals surface area contributed by atoms with Gasteiger partial charge in [0.05, 0.1) is 0 Å². The van der Waals surface area contributed by atoms with Gasteiger partial charge in [-0.05, 0) is 32.1 Å². The summed E-state index contributed by atoms with van der Waals surface area (Å²) in [6, 6.07) is 0. The van der Waals surface area contributed by atoms with Crippen molar-refractivity contribution >= 4 is 11.9 Å². The smallest absolute Gasteiger partial charge is 0.302 e. The minimum Gasteiger partial charge on any atom is -0.463 e. The molecule has 0 amide bonds. The van der Waals surface area contributed by atoms with Crippen LogP contribution in [0.4, 0.5) is 0 Å². The molecule has 19 heavy (non-hydrogen) atoms. The topological polar surface area (TPSA) is 52.6 Å². The molecule has 0 aromatic heterocycles. The van der Waals surface area contributed by atoms with Gasteiger partial charge in [-0.25, -0.2) is 0 Å². The molecule has 2 atom stereocenters. The summed E-state index contributed by atoms with van der Waals surface area (Å²) in [5, 5.41) is 0. The second-order valence-electron chi connectivity index (χ2n) is 4.94. The molecule has 0 N–H and O–H groups in total. The zero-order chi connectivity index (χ0) is 14.7. The van der Waals surface area contributed by atoms with Gasteiger partial charge in [0.15, 0.2) is 0 Å². The van der Waals surface area contributed by atoms with Crippen molar-refractivity contribution in [2.24, 2.45) is 0 Å². The number of rotatable bonds is 10. The third-order valence-corrected chi connectivity index (χ3v) is 3.05. The van der Waals surface area contributed by atoms with Gasteiger partial charge in [0, 0.05) is 13.8 Å². The Morgan fingerprint density at radius 3 is 1.79 bits per heavy atom. The number of carbonyl (C=O) groups is 2. The lowest BCUT2D eigenvalue weighted by atomic mass is 10.0. The molecule has 0 aliphatic heterocycles. The van der Waals surface area contributed by atoms with Crippen LogP contribution in [-0.4, -0.2) is 24.1 Å². The van der Waals surface area contributed by atoms with Crippen LogP contribution in [0.3, 0.4) is 0 Å². The molecular weight excluding hydrogens is 244 g/mol. The first kappa shape index (κ1) is 17.9. The first-order valence-electron chi connectivity index (χ1n) is 7.34. The molecule has 0 spiro atoms. The summed E-state index contributed by atoms with van der Waals surface area (Å²) in [5.41, 5.74) is 0. The Labute approximate surface area is 116 Å². The number of ether oxygens (including phenoxy) is 2. The summed E-state index contributed by atoms with van der Waals surface area (Å²) in [7, 11) is 0. The maximum atomic E-state index is 11.0. The van der Waals surface area contributed by atoms with Crippen LogP contribution in [0, 0.1) is 0 Å². The van der Waals surface area contributed by atoms with E-state index >= 15 is 0 Å². The van der Waals surface area contributed by atoms with Crippen molar-refractivity contribution in [1.29, 1.82) is 0 Å². The average molecular weight is 272 g/mol. The van der Waals surface area contributed by atoms with Gasteiger partial charge in [-0.3, -0.25) is 9.59 Å². The third kappa shape index (κ3) is 10.5. The summed E-state index contributed by atoms with van der Waals surface area (Å²) < 4.78 is 10.5. The summed E-state index contributed by atoms with van der Waals surface area (Å²) in [4.78, 5) is 21.9. The van der Waals surface area contributed by atoms with Crippen LogP contribution in [-0.2, 0) is 19.1 Å². The fourth-order valence-corrected chi connectivity index (χ4v) is 2.08. The van der Waals surface area contributed by atoms with Crippen molar-refractivity contribution in [3.05, 3.63) is 0 Å². The molecule has 0 saturated carbocycles. The quantitative estimate of drug-likeness (QED) is 0.570. The molecule has 112 valence electrons. The van der Waals surface area contributed by atoms with E-state index in [1.165, 1.54) is 13.8 Å². The van der Waals surface area contributed by atoms with Crippen LogP contribution >= 0.6 is 0 Å². The van der Waals surface area contributed by atoms with Gasteiger partial charge in [0.2, 0.25) is 0 Å². The van der Waals surface area contributed by atoms with Crippen LogP contribution in [0.1, 0.15) is 72.6 Å². The van der Waals surface area contributed by atoms with Crippen molar-refractivity contribution < 1.29 is 19.1 Å². The summed E-state index contributed by atoms with van der Waals surface area (Å²) in [6.45, 7) is 7.02. The number of unbranched alkanes of at least 4 members (excludes halogenated alkanes) is 1. The highest BCUT2D eigenvalue weighted by Crippen LogP contribution is 2.16. The zero-order valence-corrected chi connectivity index (χ0v) is 12.7. The molecule has 0 fully saturated rings. The average Bonchev–Trinajstić information content (AvgIpc) is 2.33. The van der Waals surface area contributed by atoms with E-state index in [1.54, 1.807) is 0 Å². The third-order valence-electron chi connectivity index (χ3n) is 3.05. The van der Waals surface area contributed by atoms with Gasteiger partial charge in [-0.2, -0.15) is 0 Å². The van der Waals surface area contributed by atoms with E-state index in [2.05, 4.69) is 6.92 Å². The highest BCUT2D eigenvalue weighted by Gasteiger charge is 2.14. The van der Waals surface area contributed by atoms with Gasteiger partial charge in [-0.1, -0.05) is 26.7 Å². The molecule has 0 aliphatic rings. The monoisotopic (exact) mass is 272 g/mol. The van der Waals surface area contributed by atoms with E-state index in [0.29, 0.717) is 0 Å². The fourth-order valence-electron chi connectivity index (χ4n) is 2.08. The van der Waals surface area contributed by atoms with Gasteiger partial charge >= 0.3 is 11.9 Å². The molecule has 0 rings (SSSR count). The minimum atomic E-state index is -0.227. The van der Waals surface area contributed by atoms with Crippen molar-refractivity contribution in [3.63, 3.8) is 0 Å². The maximum absolute atomic E-state index is 11.0. The molecule has 4 heteroatoms. The SMILES string of the molecule is CCCCC(CCCC(CC)OC(C)=O)OC(C)=O. The second kappa shape index (κ2) is 10.8. The Hall–Kier alpha value is -1.06. The number of hydrogen-bond acceptors (Lipinski definition) is 4. The summed E-state index contributed by atoms with van der Waals surface area (Å²) >= 11 is 0. The summed E-state index contributed by atoms with van der Waals surface area (Å²) in [6.07, 6.45) is 6.49. The molecule has 0 bridgehead atoms. The number of hydrogen-bond donors (Lipinski definition) is 0. The first-order valence-corrected chi connectivity index (χ1v) is 7.34. The second-order valence-corrected chi connectivity index (χ2v) is 4.94. The van der Waals surface area contributed by atoms with Gasteiger partial charge in [-0.15, -0.1) is 0 Å². The van der Waals surface area contributed by atoms with Crippen LogP contribution < -0.4 is 0 Å². The van der Waals surface area contributed by atoms with Gasteiger partial charge in [0.25, 0.3) is 0 Å². The highest BCUT2D eigenvalue weighted by atomic mass is 16.5. The summed E-state index contributed by atoms with van der Waals surface area (Å²) in [5.74, 6) is -0.442. The molecule has 0 aromatic rings. The van der Waals surface area contributed by atoms with Crippen LogP contribution in [0.2, 0.25) is 0 Å². The Balaban J connectivity index is 4.00. The predicted molar refractivity (Wildman–Crippen MR) is 74.8 cm³/mol. The zero-order valence-electron chi connectivity index (χ0n) is 12.7. The molecule has 2 unspecified atom stereocenters. The minimum absolute atomic E-state index is 0.00674. The molecule has 0 radical (unpaired) electrons. The fraction of sp³-hybridized carbons (Fsp3) is 0.867. The van der Waals surface area contributed by atoms with Gasteiger partial charge in [0.1, 0.15) is 12.2 Å². The van der Waals surface area contributed by atoms with E-state index in [9.17, 15) is 9.59 Å². The van der Waals surface area contributed by atoms with Gasteiger partial charge < -0.3 is 9.47 Å². The van der Waals surface area contributed by atoms with Crippen molar-refractivity contribution in [2.45, 2.75) is 84.8 Å². The Morgan fingerprint density at radius 1 is 0.842 bits per heavy atom. The lowest BCUT2D eigenvalue weighted by molar-refractivity contribution is -0.147.